The SMILES string of the molecule is C=CN1CCCCCC1=O.CCCCCCCCO.CCCCCCCCOC(C)N1CCCCCC1=O. The Morgan fingerprint density at radius 3 is 1.87 bits per heavy atom. The summed E-state index contributed by atoms with van der Waals surface area (Å²) in [6.07, 6.45) is 24.8. The van der Waals surface area contributed by atoms with E-state index in [9.17, 15) is 9.59 Å². The van der Waals surface area contributed by atoms with Gasteiger partial charge in [-0.25, -0.2) is 0 Å². The fraction of sp³-hybridized carbons (Fsp3) is 0.875. The summed E-state index contributed by atoms with van der Waals surface area (Å²) in [5, 5.41) is 8.42. The third-order valence-electron chi connectivity index (χ3n) is 7.25. The molecule has 0 aromatic heterocycles. The van der Waals surface area contributed by atoms with Crippen LogP contribution in [0.25, 0.3) is 0 Å². The Hall–Kier alpha value is -1.40. The third kappa shape index (κ3) is 20.5. The summed E-state index contributed by atoms with van der Waals surface area (Å²) >= 11 is 0. The lowest BCUT2D eigenvalue weighted by atomic mass is 10.1. The zero-order valence-electron chi connectivity index (χ0n) is 25.4. The van der Waals surface area contributed by atoms with Crippen molar-refractivity contribution in [2.24, 2.45) is 0 Å². The van der Waals surface area contributed by atoms with Gasteiger partial charge in [0.25, 0.3) is 0 Å². The second-order valence-electron chi connectivity index (χ2n) is 10.7. The molecule has 1 unspecified atom stereocenters. The van der Waals surface area contributed by atoms with Crippen molar-refractivity contribution in [3.8, 4) is 0 Å². The standard InChI is InChI=1S/C16H31NO2.C8H13NO.C8H18O/c1-3-4-5-6-7-11-14-19-15(2)17-13-10-8-9-12-16(17)18;1-2-9-7-5-3-4-6-8(9)10;1-2-3-4-5-6-7-8-9/h15H,3-14H2,1-2H3;2H,1,3-7H2;9H,2-8H2,1H3. The van der Waals surface area contributed by atoms with Gasteiger partial charge in [-0.05, 0) is 51.6 Å². The monoisotopic (exact) mass is 538 g/mol. The number of nitrogens with zero attached hydrogens (tertiary/aromatic N) is 2. The lowest BCUT2D eigenvalue weighted by molar-refractivity contribution is -0.144. The molecule has 2 rings (SSSR count). The number of ether oxygens (including phenoxy) is 1. The van der Waals surface area contributed by atoms with Crippen molar-refractivity contribution in [1.29, 1.82) is 0 Å². The first-order chi connectivity index (χ1) is 18.5. The Morgan fingerprint density at radius 2 is 1.29 bits per heavy atom. The van der Waals surface area contributed by atoms with Gasteiger partial charge in [-0.2, -0.15) is 0 Å². The first kappa shape index (κ1) is 36.6. The first-order valence-electron chi connectivity index (χ1n) is 16.0. The Labute approximate surface area is 235 Å². The zero-order valence-corrected chi connectivity index (χ0v) is 25.4. The van der Waals surface area contributed by atoms with Crippen LogP contribution in [0.15, 0.2) is 12.8 Å². The summed E-state index contributed by atoms with van der Waals surface area (Å²) in [4.78, 5) is 26.6. The fourth-order valence-corrected chi connectivity index (χ4v) is 4.70. The Kier molecular flexibility index (Phi) is 26.2. The van der Waals surface area contributed by atoms with Crippen molar-refractivity contribution in [2.45, 2.75) is 155 Å². The largest absolute Gasteiger partial charge is 0.396 e. The smallest absolute Gasteiger partial charge is 0.226 e. The number of hydrogen-bond acceptors (Lipinski definition) is 4. The molecule has 0 aromatic carbocycles. The van der Waals surface area contributed by atoms with Crippen LogP contribution < -0.4 is 0 Å². The van der Waals surface area contributed by atoms with E-state index < -0.39 is 0 Å². The van der Waals surface area contributed by atoms with E-state index in [0.29, 0.717) is 19.4 Å². The molecule has 0 spiro atoms. The molecule has 0 aromatic rings. The molecule has 1 atom stereocenters. The van der Waals surface area contributed by atoms with E-state index in [1.807, 2.05) is 11.8 Å². The second-order valence-corrected chi connectivity index (χ2v) is 10.7. The second kappa shape index (κ2) is 27.2. The van der Waals surface area contributed by atoms with Gasteiger partial charge < -0.3 is 19.6 Å². The molecule has 2 aliphatic rings. The summed E-state index contributed by atoms with van der Waals surface area (Å²) in [6.45, 7) is 12.9. The number of hydrogen-bond donors (Lipinski definition) is 1. The molecule has 38 heavy (non-hydrogen) atoms. The fourth-order valence-electron chi connectivity index (χ4n) is 4.70. The van der Waals surface area contributed by atoms with Crippen LogP contribution in [0.2, 0.25) is 0 Å². The number of aliphatic hydroxyl groups excluding tert-OH is 1. The molecule has 0 aliphatic carbocycles. The average molecular weight is 539 g/mol. The topological polar surface area (TPSA) is 70.1 Å². The number of carbonyl (C=O) groups is 2. The van der Waals surface area contributed by atoms with Gasteiger partial charge in [0.1, 0.15) is 6.23 Å². The first-order valence-corrected chi connectivity index (χ1v) is 16.0. The van der Waals surface area contributed by atoms with Gasteiger partial charge in [0.05, 0.1) is 0 Å². The van der Waals surface area contributed by atoms with Crippen LogP contribution in [-0.4, -0.2) is 59.3 Å². The van der Waals surface area contributed by atoms with Crippen LogP contribution in [-0.2, 0) is 14.3 Å². The number of amides is 2. The Morgan fingerprint density at radius 1 is 0.763 bits per heavy atom. The van der Waals surface area contributed by atoms with Crippen molar-refractivity contribution in [2.75, 3.05) is 26.3 Å². The molecule has 2 amide bonds. The molecular weight excluding hydrogens is 476 g/mol. The van der Waals surface area contributed by atoms with Gasteiger partial charge in [-0.15, -0.1) is 0 Å². The molecule has 2 fully saturated rings. The quantitative estimate of drug-likeness (QED) is 0.202. The molecule has 0 saturated carbocycles. The number of likely N-dealkylation sites (tertiary alicyclic amines) is 2. The van der Waals surface area contributed by atoms with Gasteiger partial charge in [0.15, 0.2) is 0 Å². The molecular formula is C32H62N2O4. The molecule has 6 heteroatoms. The minimum absolute atomic E-state index is 0.0405. The average Bonchev–Trinajstić information content (AvgIpc) is 3.27. The van der Waals surface area contributed by atoms with Gasteiger partial charge in [-0.3, -0.25) is 9.59 Å². The van der Waals surface area contributed by atoms with Crippen LogP contribution in [0.3, 0.4) is 0 Å². The summed E-state index contributed by atoms with van der Waals surface area (Å²) in [7, 11) is 0. The van der Waals surface area contributed by atoms with Gasteiger partial charge >= 0.3 is 0 Å². The highest BCUT2D eigenvalue weighted by molar-refractivity contribution is 5.77. The third-order valence-corrected chi connectivity index (χ3v) is 7.25. The van der Waals surface area contributed by atoms with E-state index in [2.05, 4.69) is 20.4 Å². The van der Waals surface area contributed by atoms with Crippen molar-refractivity contribution in [3.63, 3.8) is 0 Å². The molecule has 2 heterocycles. The maximum absolute atomic E-state index is 11.9. The zero-order chi connectivity index (χ0) is 28.3. The van der Waals surface area contributed by atoms with Crippen molar-refractivity contribution < 1.29 is 19.4 Å². The summed E-state index contributed by atoms with van der Waals surface area (Å²) in [5.74, 6) is 0.500. The minimum Gasteiger partial charge on any atom is -0.396 e. The van der Waals surface area contributed by atoms with Crippen molar-refractivity contribution in [1.82, 2.24) is 9.80 Å². The van der Waals surface area contributed by atoms with E-state index in [0.717, 1.165) is 58.2 Å². The summed E-state index contributed by atoms with van der Waals surface area (Å²) in [6, 6.07) is 0. The van der Waals surface area contributed by atoms with E-state index in [4.69, 9.17) is 9.84 Å². The van der Waals surface area contributed by atoms with Crippen LogP contribution in [0.4, 0.5) is 0 Å². The summed E-state index contributed by atoms with van der Waals surface area (Å²) in [5.41, 5.74) is 0. The van der Waals surface area contributed by atoms with Gasteiger partial charge in [0, 0.05) is 39.1 Å². The lowest BCUT2D eigenvalue weighted by Gasteiger charge is -2.27. The van der Waals surface area contributed by atoms with Crippen LogP contribution in [0.5, 0.6) is 0 Å². The van der Waals surface area contributed by atoms with E-state index >= 15 is 0 Å². The predicted octanol–water partition coefficient (Wildman–Crippen LogP) is 7.98. The number of aliphatic hydroxyl groups is 1. The molecule has 2 saturated heterocycles. The highest BCUT2D eigenvalue weighted by atomic mass is 16.5. The van der Waals surface area contributed by atoms with Gasteiger partial charge in [-0.1, -0.05) is 97.5 Å². The van der Waals surface area contributed by atoms with Crippen molar-refractivity contribution >= 4 is 11.8 Å². The Balaban J connectivity index is 0.000000604. The van der Waals surface area contributed by atoms with Gasteiger partial charge in [0.2, 0.25) is 11.8 Å². The highest BCUT2D eigenvalue weighted by Crippen LogP contribution is 2.15. The maximum atomic E-state index is 11.9. The summed E-state index contributed by atoms with van der Waals surface area (Å²) < 4.78 is 5.82. The van der Waals surface area contributed by atoms with Crippen LogP contribution in [0, 0.1) is 0 Å². The minimum atomic E-state index is -0.0405. The van der Waals surface area contributed by atoms with E-state index in [1.165, 1.54) is 77.0 Å². The highest BCUT2D eigenvalue weighted by Gasteiger charge is 2.21. The van der Waals surface area contributed by atoms with E-state index in [1.54, 1.807) is 11.1 Å². The Bertz CT molecular complexity index is 564. The number of rotatable bonds is 16. The molecule has 2 aliphatic heterocycles. The number of carbonyl (C=O) groups excluding carboxylic acids is 2. The van der Waals surface area contributed by atoms with Crippen LogP contribution >= 0.6 is 0 Å². The molecule has 1 N–H and O–H groups in total. The maximum Gasteiger partial charge on any atom is 0.226 e. The van der Waals surface area contributed by atoms with Crippen molar-refractivity contribution in [3.05, 3.63) is 12.8 Å². The normalized spacial score (nSPS) is 16.9. The predicted molar refractivity (Wildman–Crippen MR) is 160 cm³/mol. The van der Waals surface area contributed by atoms with Crippen LogP contribution in [0.1, 0.15) is 149 Å². The lowest BCUT2D eigenvalue weighted by Crippen LogP contribution is -2.40. The van der Waals surface area contributed by atoms with E-state index in [-0.39, 0.29) is 18.0 Å². The molecule has 224 valence electrons. The number of unbranched alkanes of at least 4 members (excludes halogenated alkanes) is 10. The molecule has 6 nitrogen and oxygen atoms in total. The molecule has 0 bridgehead atoms. The molecule has 0 radical (unpaired) electrons.